The molecule has 0 unspecified atom stereocenters. The van der Waals surface area contributed by atoms with Crippen LogP contribution in [0, 0.1) is 0 Å². The molecule has 0 atom stereocenters. The lowest BCUT2D eigenvalue weighted by molar-refractivity contribution is 0.506. The van der Waals surface area contributed by atoms with E-state index in [0.717, 1.165) is 24.4 Å². The van der Waals surface area contributed by atoms with E-state index >= 15 is 0 Å². The van der Waals surface area contributed by atoms with Crippen LogP contribution in [0.4, 0.5) is 0 Å². The largest absolute Gasteiger partial charge is 0.469 e. The van der Waals surface area contributed by atoms with Crippen molar-refractivity contribution in [1.82, 2.24) is 10.0 Å². The summed E-state index contributed by atoms with van der Waals surface area (Å²) in [7, 11) is -3.45. The van der Waals surface area contributed by atoms with Crippen LogP contribution in [0.3, 0.4) is 0 Å². The van der Waals surface area contributed by atoms with Crippen LogP contribution in [0.25, 0.3) is 0 Å². The zero-order chi connectivity index (χ0) is 14.0. The highest BCUT2D eigenvalue weighted by Crippen LogP contribution is 2.19. The zero-order valence-corrected chi connectivity index (χ0v) is 11.7. The average molecular weight is 292 g/mol. The van der Waals surface area contributed by atoms with E-state index in [1.54, 1.807) is 24.5 Å². The second kappa shape index (κ2) is 5.40. The summed E-state index contributed by atoms with van der Waals surface area (Å²) >= 11 is 0. The van der Waals surface area contributed by atoms with Gasteiger partial charge < -0.3 is 9.73 Å². The van der Waals surface area contributed by atoms with Crippen molar-refractivity contribution in [2.75, 3.05) is 6.54 Å². The Morgan fingerprint density at radius 2 is 2.05 bits per heavy atom. The number of furan rings is 1. The van der Waals surface area contributed by atoms with Crippen molar-refractivity contribution in [2.45, 2.75) is 24.4 Å². The van der Waals surface area contributed by atoms with Crippen molar-refractivity contribution < 1.29 is 12.8 Å². The van der Waals surface area contributed by atoms with Gasteiger partial charge in [-0.2, -0.15) is 0 Å². The Bertz CT molecular complexity index is 693. The number of rotatable bonds is 5. The van der Waals surface area contributed by atoms with E-state index in [2.05, 4.69) is 10.0 Å². The second-order valence-electron chi connectivity index (χ2n) is 4.76. The number of fused-ring (bicyclic) bond motifs is 1. The van der Waals surface area contributed by atoms with Gasteiger partial charge in [0.25, 0.3) is 0 Å². The van der Waals surface area contributed by atoms with E-state index in [-0.39, 0.29) is 0 Å². The van der Waals surface area contributed by atoms with E-state index in [1.807, 2.05) is 12.1 Å². The fraction of sp³-hybridized carbons (Fsp3) is 0.286. The minimum absolute atomic E-state index is 0.319. The maximum absolute atomic E-state index is 12.2. The summed E-state index contributed by atoms with van der Waals surface area (Å²) in [5.41, 5.74) is 2.22. The van der Waals surface area contributed by atoms with Gasteiger partial charge in [-0.25, -0.2) is 13.1 Å². The molecule has 0 radical (unpaired) electrons. The molecular weight excluding hydrogens is 276 g/mol. The summed E-state index contributed by atoms with van der Waals surface area (Å²) in [4.78, 5) is 0.319. The van der Waals surface area contributed by atoms with E-state index in [0.29, 0.717) is 17.9 Å². The molecule has 0 bridgehead atoms. The summed E-state index contributed by atoms with van der Waals surface area (Å²) in [5.74, 6) is 0.769. The number of benzene rings is 1. The summed E-state index contributed by atoms with van der Waals surface area (Å²) in [6.07, 6.45) is 2.12. The molecule has 2 N–H and O–H groups in total. The Kier molecular flexibility index (Phi) is 3.60. The molecule has 106 valence electrons. The summed E-state index contributed by atoms with van der Waals surface area (Å²) in [5, 5.41) is 3.20. The fourth-order valence-corrected chi connectivity index (χ4v) is 3.37. The lowest BCUT2D eigenvalue weighted by atomic mass is 10.1. The summed E-state index contributed by atoms with van der Waals surface area (Å²) < 4.78 is 32.2. The predicted octanol–water partition coefficient (Wildman–Crippen LogP) is 1.40. The first-order chi connectivity index (χ1) is 9.65. The van der Waals surface area contributed by atoms with Crippen LogP contribution in [0.2, 0.25) is 0 Å². The van der Waals surface area contributed by atoms with Gasteiger partial charge in [0.2, 0.25) is 10.0 Å². The molecule has 1 aromatic carbocycles. The minimum atomic E-state index is -3.45. The van der Waals surface area contributed by atoms with Crippen molar-refractivity contribution in [2.24, 2.45) is 0 Å². The van der Waals surface area contributed by atoms with Crippen LogP contribution in [0.1, 0.15) is 16.9 Å². The van der Waals surface area contributed by atoms with Gasteiger partial charge in [-0.15, -0.1) is 0 Å². The SMILES string of the molecule is O=S(=O)(NCCc1ccco1)c1ccc2c(c1)CNC2. The third kappa shape index (κ3) is 2.77. The van der Waals surface area contributed by atoms with Crippen LogP contribution < -0.4 is 10.0 Å². The Morgan fingerprint density at radius 1 is 1.20 bits per heavy atom. The van der Waals surface area contributed by atoms with Crippen molar-refractivity contribution in [3.63, 3.8) is 0 Å². The summed E-state index contributed by atoms with van der Waals surface area (Å²) in [6, 6.07) is 8.88. The van der Waals surface area contributed by atoms with Crippen LogP contribution in [-0.4, -0.2) is 15.0 Å². The monoisotopic (exact) mass is 292 g/mol. The number of sulfonamides is 1. The first-order valence-electron chi connectivity index (χ1n) is 6.50. The normalized spacial score (nSPS) is 14.4. The van der Waals surface area contributed by atoms with Gasteiger partial charge in [0, 0.05) is 26.1 Å². The minimum Gasteiger partial charge on any atom is -0.469 e. The second-order valence-corrected chi connectivity index (χ2v) is 6.53. The Labute approximate surface area is 118 Å². The highest BCUT2D eigenvalue weighted by Gasteiger charge is 2.17. The Balaban J connectivity index is 1.68. The Hall–Kier alpha value is -1.63. The molecule has 2 heterocycles. The molecule has 0 fully saturated rings. The quantitative estimate of drug-likeness (QED) is 0.874. The molecule has 5 nitrogen and oxygen atoms in total. The average Bonchev–Trinajstić information content (AvgIpc) is 3.08. The van der Waals surface area contributed by atoms with E-state index in [1.165, 1.54) is 5.56 Å². The molecule has 0 spiro atoms. The van der Waals surface area contributed by atoms with Gasteiger partial charge in [-0.3, -0.25) is 0 Å². The van der Waals surface area contributed by atoms with E-state index in [9.17, 15) is 8.42 Å². The van der Waals surface area contributed by atoms with Gasteiger partial charge in [-0.05, 0) is 35.4 Å². The maximum Gasteiger partial charge on any atom is 0.240 e. The van der Waals surface area contributed by atoms with Crippen molar-refractivity contribution in [3.8, 4) is 0 Å². The highest BCUT2D eigenvalue weighted by molar-refractivity contribution is 7.89. The first-order valence-corrected chi connectivity index (χ1v) is 7.98. The zero-order valence-electron chi connectivity index (χ0n) is 10.9. The van der Waals surface area contributed by atoms with Gasteiger partial charge in [-0.1, -0.05) is 6.07 Å². The third-order valence-corrected chi connectivity index (χ3v) is 4.82. The smallest absolute Gasteiger partial charge is 0.240 e. The fourth-order valence-electron chi connectivity index (χ4n) is 2.29. The molecular formula is C14H16N2O3S. The van der Waals surface area contributed by atoms with Crippen LogP contribution >= 0.6 is 0 Å². The maximum atomic E-state index is 12.2. The molecule has 1 aliphatic heterocycles. The van der Waals surface area contributed by atoms with Crippen molar-refractivity contribution in [3.05, 3.63) is 53.5 Å². The molecule has 6 heteroatoms. The molecule has 3 rings (SSSR count). The lowest BCUT2D eigenvalue weighted by Gasteiger charge is -2.07. The van der Waals surface area contributed by atoms with Crippen molar-refractivity contribution in [1.29, 1.82) is 0 Å². The van der Waals surface area contributed by atoms with Crippen LogP contribution in [0.15, 0.2) is 45.9 Å². The molecule has 1 aliphatic rings. The topological polar surface area (TPSA) is 71.3 Å². The Morgan fingerprint density at radius 3 is 2.85 bits per heavy atom. The van der Waals surface area contributed by atoms with Gasteiger partial charge >= 0.3 is 0 Å². The van der Waals surface area contributed by atoms with Gasteiger partial charge in [0.05, 0.1) is 11.2 Å². The highest BCUT2D eigenvalue weighted by atomic mass is 32.2. The molecule has 0 saturated heterocycles. The number of hydrogen-bond donors (Lipinski definition) is 2. The lowest BCUT2D eigenvalue weighted by Crippen LogP contribution is -2.26. The van der Waals surface area contributed by atoms with Crippen LogP contribution in [-0.2, 0) is 29.5 Å². The summed E-state index contributed by atoms with van der Waals surface area (Å²) in [6.45, 7) is 1.86. The number of nitrogens with one attached hydrogen (secondary N) is 2. The molecule has 0 amide bonds. The van der Waals surface area contributed by atoms with E-state index in [4.69, 9.17) is 4.42 Å². The molecule has 1 aromatic heterocycles. The van der Waals surface area contributed by atoms with Gasteiger partial charge in [0.1, 0.15) is 5.76 Å². The van der Waals surface area contributed by atoms with Gasteiger partial charge in [0.15, 0.2) is 0 Å². The standard InChI is InChI=1S/C14H16N2O3S/c17-20(18,16-6-5-13-2-1-7-19-13)14-4-3-11-9-15-10-12(11)8-14/h1-4,7-8,15-16H,5-6,9-10H2. The van der Waals surface area contributed by atoms with E-state index < -0.39 is 10.0 Å². The molecule has 2 aromatic rings. The first kappa shape index (κ1) is 13.4. The number of hydrogen-bond acceptors (Lipinski definition) is 4. The molecule has 0 aliphatic carbocycles. The van der Waals surface area contributed by atoms with Crippen molar-refractivity contribution >= 4 is 10.0 Å². The predicted molar refractivity (Wildman–Crippen MR) is 74.6 cm³/mol. The molecule has 20 heavy (non-hydrogen) atoms. The van der Waals surface area contributed by atoms with Crippen LogP contribution in [0.5, 0.6) is 0 Å². The molecule has 0 saturated carbocycles. The third-order valence-electron chi connectivity index (χ3n) is 3.36.